The van der Waals surface area contributed by atoms with Crippen LogP contribution in [0.1, 0.15) is 26.7 Å². The minimum absolute atomic E-state index is 0.00659. The van der Waals surface area contributed by atoms with Gasteiger partial charge in [0.15, 0.2) is 6.61 Å². The Morgan fingerprint density at radius 2 is 2.24 bits per heavy atom. The van der Waals surface area contributed by atoms with Gasteiger partial charge in [0.2, 0.25) is 5.91 Å². The molecule has 1 aromatic rings. The first-order valence-electron chi connectivity index (χ1n) is 7.02. The molecule has 0 unspecified atom stereocenters. The third-order valence-corrected chi connectivity index (χ3v) is 3.09. The molecule has 0 saturated heterocycles. The quantitative estimate of drug-likeness (QED) is 0.847. The second kappa shape index (κ2) is 6.43. The molecule has 112 valence electrons. The van der Waals surface area contributed by atoms with Crippen molar-refractivity contribution in [2.75, 3.05) is 23.4 Å². The molecule has 0 saturated carbocycles. The number of carbonyl (C=O) groups excluding carboxylic acids is 2. The van der Waals surface area contributed by atoms with Crippen molar-refractivity contribution >= 4 is 23.2 Å². The van der Waals surface area contributed by atoms with Crippen molar-refractivity contribution in [3.8, 4) is 5.75 Å². The van der Waals surface area contributed by atoms with Crippen LogP contribution >= 0.6 is 0 Å². The molecule has 1 heterocycles. The average molecular weight is 288 g/mol. The van der Waals surface area contributed by atoms with Gasteiger partial charge in [-0.3, -0.25) is 9.59 Å². The van der Waals surface area contributed by atoms with Gasteiger partial charge in [-0.2, -0.15) is 0 Å². The highest BCUT2D eigenvalue weighted by atomic mass is 16.5. The van der Waals surface area contributed by atoms with Crippen LogP contribution in [-0.4, -0.2) is 25.0 Å². The molecule has 2 rings (SSSR count). The molecule has 0 atom stereocenters. The first-order valence-corrected chi connectivity index (χ1v) is 7.02. The van der Waals surface area contributed by atoms with Crippen LogP contribution in [0.25, 0.3) is 0 Å². The van der Waals surface area contributed by atoms with E-state index in [0.717, 1.165) is 12.0 Å². The highest BCUT2D eigenvalue weighted by molar-refractivity contribution is 5.99. The summed E-state index contributed by atoms with van der Waals surface area (Å²) in [6.45, 7) is 8.15. The molecule has 1 aliphatic heterocycles. The van der Waals surface area contributed by atoms with Gasteiger partial charge in [0.05, 0.1) is 5.69 Å². The molecule has 21 heavy (non-hydrogen) atoms. The number of carbonyl (C=O) groups is 2. The van der Waals surface area contributed by atoms with Crippen molar-refractivity contribution < 1.29 is 14.3 Å². The minimum atomic E-state index is -0.0896. The number of nitrogens with zero attached hydrogens (tertiary/aromatic N) is 1. The zero-order valence-corrected chi connectivity index (χ0v) is 12.4. The fraction of sp³-hybridized carbons (Fsp3) is 0.375. The van der Waals surface area contributed by atoms with Crippen LogP contribution in [0.2, 0.25) is 0 Å². The summed E-state index contributed by atoms with van der Waals surface area (Å²) in [5.41, 5.74) is 2.29. The Balaban J connectivity index is 2.22. The van der Waals surface area contributed by atoms with Crippen molar-refractivity contribution in [1.29, 1.82) is 0 Å². The molecule has 1 aliphatic rings. The lowest BCUT2D eigenvalue weighted by Gasteiger charge is -2.29. The molecule has 2 amide bonds. The van der Waals surface area contributed by atoms with E-state index in [1.54, 1.807) is 23.1 Å². The van der Waals surface area contributed by atoms with Crippen LogP contribution < -0.4 is 15.0 Å². The maximum atomic E-state index is 11.9. The van der Waals surface area contributed by atoms with Gasteiger partial charge in [-0.15, -0.1) is 0 Å². The molecular weight excluding hydrogens is 268 g/mol. The van der Waals surface area contributed by atoms with Crippen molar-refractivity contribution in [2.24, 2.45) is 0 Å². The normalized spacial score (nSPS) is 13.4. The van der Waals surface area contributed by atoms with Crippen molar-refractivity contribution in [3.05, 3.63) is 30.4 Å². The van der Waals surface area contributed by atoms with E-state index in [9.17, 15) is 9.59 Å². The van der Waals surface area contributed by atoms with Gasteiger partial charge in [-0.25, -0.2) is 0 Å². The van der Waals surface area contributed by atoms with Gasteiger partial charge >= 0.3 is 0 Å². The maximum absolute atomic E-state index is 11.9. The number of benzene rings is 1. The summed E-state index contributed by atoms with van der Waals surface area (Å²) < 4.78 is 5.46. The summed E-state index contributed by atoms with van der Waals surface area (Å²) in [6, 6.07) is 5.32. The molecule has 0 radical (unpaired) electrons. The average Bonchev–Trinajstić information content (AvgIpc) is 2.42. The summed E-state index contributed by atoms with van der Waals surface area (Å²) in [7, 11) is 0. The SMILES string of the molecule is C=C(C)CN1C(=O)COc2cc(NC(=O)CCC)ccc21. The number of hydrogen-bond donors (Lipinski definition) is 1. The molecule has 0 spiro atoms. The van der Waals surface area contributed by atoms with Gasteiger partial charge in [0.25, 0.3) is 5.91 Å². The van der Waals surface area contributed by atoms with Crippen LogP contribution in [0, 0.1) is 0 Å². The predicted molar refractivity (Wildman–Crippen MR) is 82.6 cm³/mol. The fourth-order valence-electron chi connectivity index (χ4n) is 2.18. The van der Waals surface area contributed by atoms with Crippen molar-refractivity contribution in [1.82, 2.24) is 0 Å². The predicted octanol–water partition coefficient (Wildman–Crippen LogP) is 2.73. The topological polar surface area (TPSA) is 58.6 Å². The first kappa shape index (κ1) is 15.1. The fourth-order valence-corrected chi connectivity index (χ4v) is 2.18. The Hall–Kier alpha value is -2.30. The third kappa shape index (κ3) is 3.62. The summed E-state index contributed by atoms with van der Waals surface area (Å²) in [4.78, 5) is 25.2. The minimum Gasteiger partial charge on any atom is -0.481 e. The Kier molecular flexibility index (Phi) is 4.62. The first-order chi connectivity index (χ1) is 10.0. The van der Waals surface area contributed by atoms with Crippen LogP contribution in [0.4, 0.5) is 11.4 Å². The second-order valence-corrected chi connectivity index (χ2v) is 5.21. The second-order valence-electron chi connectivity index (χ2n) is 5.21. The summed E-state index contributed by atoms with van der Waals surface area (Å²) in [6.07, 6.45) is 1.28. The van der Waals surface area contributed by atoms with Gasteiger partial charge < -0.3 is 15.0 Å². The molecule has 0 aliphatic carbocycles. The number of ether oxygens (including phenoxy) is 1. The molecule has 0 aromatic heterocycles. The number of anilines is 2. The number of amides is 2. The van der Waals surface area contributed by atoms with Gasteiger partial charge in [0.1, 0.15) is 5.75 Å². The van der Waals surface area contributed by atoms with Gasteiger partial charge in [-0.1, -0.05) is 19.1 Å². The van der Waals surface area contributed by atoms with E-state index >= 15 is 0 Å². The Morgan fingerprint density at radius 1 is 1.48 bits per heavy atom. The van der Waals surface area contributed by atoms with Crippen LogP contribution in [0.3, 0.4) is 0 Å². The Labute approximate surface area is 124 Å². The largest absolute Gasteiger partial charge is 0.481 e. The van der Waals surface area contributed by atoms with Crippen LogP contribution in [-0.2, 0) is 9.59 Å². The standard InChI is InChI=1S/C16H20N2O3/c1-4-5-15(19)17-12-6-7-13-14(8-12)21-10-16(20)18(13)9-11(2)3/h6-8H,2,4-5,9-10H2,1,3H3,(H,17,19). The third-order valence-electron chi connectivity index (χ3n) is 3.09. The zero-order chi connectivity index (χ0) is 15.4. The van der Waals surface area contributed by atoms with Crippen molar-refractivity contribution in [3.63, 3.8) is 0 Å². The highest BCUT2D eigenvalue weighted by Crippen LogP contribution is 2.34. The van der Waals surface area contributed by atoms with Gasteiger partial charge in [0, 0.05) is 24.7 Å². The van der Waals surface area contributed by atoms with Crippen molar-refractivity contribution in [2.45, 2.75) is 26.7 Å². The molecular formula is C16H20N2O3. The van der Waals surface area contributed by atoms with E-state index in [1.165, 1.54) is 0 Å². The number of rotatable bonds is 5. The Morgan fingerprint density at radius 3 is 2.90 bits per heavy atom. The van der Waals surface area contributed by atoms with Crippen LogP contribution in [0.5, 0.6) is 5.75 Å². The summed E-state index contributed by atoms with van der Waals surface area (Å²) in [5.74, 6) is 0.488. The lowest BCUT2D eigenvalue weighted by molar-refractivity contribution is -0.121. The van der Waals surface area contributed by atoms with E-state index in [-0.39, 0.29) is 18.4 Å². The van der Waals surface area contributed by atoms with Gasteiger partial charge in [-0.05, 0) is 25.5 Å². The molecule has 1 N–H and O–H groups in total. The van der Waals surface area contributed by atoms with E-state index in [4.69, 9.17) is 4.74 Å². The zero-order valence-electron chi connectivity index (χ0n) is 12.4. The summed E-state index contributed by atoms with van der Waals surface area (Å²) in [5, 5.41) is 2.82. The lowest BCUT2D eigenvalue weighted by atomic mass is 10.2. The molecule has 0 bridgehead atoms. The lowest BCUT2D eigenvalue weighted by Crippen LogP contribution is -2.39. The van der Waals surface area contributed by atoms with E-state index in [2.05, 4.69) is 11.9 Å². The molecule has 0 fully saturated rings. The Bertz CT molecular complexity index is 581. The maximum Gasteiger partial charge on any atom is 0.265 e. The van der Waals surface area contributed by atoms with E-state index < -0.39 is 0 Å². The number of nitrogens with one attached hydrogen (secondary N) is 1. The van der Waals surface area contributed by atoms with Crippen LogP contribution in [0.15, 0.2) is 30.4 Å². The molecule has 5 nitrogen and oxygen atoms in total. The smallest absolute Gasteiger partial charge is 0.265 e. The summed E-state index contributed by atoms with van der Waals surface area (Å²) >= 11 is 0. The van der Waals surface area contributed by atoms with E-state index in [1.807, 2.05) is 13.8 Å². The van der Waals surface area contributed by atoms with E-state index in [0.29, 0.717) is 30.1 Å². The highest BCUT2D eigenvalue weighted by Gasteiger charge is 2.25. The number of hydrogen-bond acceptors (Lipinski definition) is 3. The monoisotopic (exact) mass is 288 g/mol. The number of fused-ring (bicyclic) bond motifs is 1. The molecule has 5 heteroatoms. The molecule has 1 aromatic carbocycles.